The van der Waals surface area contributed by atoms with E-state index < -0.39 is 32.3 Å². The van der Waals surface area contributed by atoms with Crippen LogP contribution in [-0.2, 0) is 19.1 Å². The predicted octanol–water partition coefficient (Wildman–Crippen LogP) is 7.47. The molecule has 310 valence electrons. The molecule has 4 heterocycles. The second kappa shape index (κ2) is 16.2. The Labute approximate surface area is 344 Å². The normalized spacial score (nSPS) is 19.9. The van der Waals surface area contributed by atoms with E-state index in [9.17, 15) is 19.2 Å². The molecule has 2 aliphatic heterocycles. The maximum absolute atomic E-state index is 14.1. The van der Waals surface area contributed by atoms with Gasteiger partial charge in [0.2, 0.25) is 11.8 Å². The van der Waals surface area contributed by atoms with Crippen LogP contribution in [0.5, 0.6) is 0 Å². The van der Waals surface area contributed by atoms with E-state index >= 15 is 0 Å². The second-order valence-corrected chi connectivity index (χ2v) is 22.6. The van der Waals surface area contributed by atoms with Gasteiger partial charge in [-0.2, -0.15) is 0 Å². The van der Waals surface area contributed by atoms with Crippen LogP contribution in [0.15, 0.2) is 60.8 Å². The van der Waals surface area contributed by atoms with Gasteiger partial charge in [0.25, 0.3) is 0 Å². The summed E-state index contributed by atoms with van der Waals surface area (Å²) in [4.78, 5) is 72.6. The lowest BCUT2D eigenvalue weighted by atomic mass is 9.99. The third kappa shape index (κ3) is 8.29. The molecule has 4 N–H and O–H groups in total. The van der Waals surface area contributed by atoms with Crippen molar-refractivity contribution in [1.82, 2.24) is 40.4 Å². The van der Waals surface area contributed by atoms with Crippen molar-refractivity contribution in [2.24, 2.45) is 11.8 Å². The van der Waals surface area contributed by atoms with E-state index in [1.165, 1.54) is 14.2 Å². The number of aromatic amines is 2. The molecule has 0 spiro atoms. The van der Waals surface area contributed by atoms with E-state index in [1.807, 2.05) is 29.8 Å². The van der Waals surface area contributed by atoms with Gasteiger partial charge < -0.3 is 39.9 Å². The summed E-state index contributed by atoms with van der Waals surface area (Å²) in [5.74, 6) is 1.66. The van der Waals surface area contributed by atoms with E-state index in [-0.39, 0.29) is 29.8 Å². The number of H-pyrrole nitrogens is 2. The highest BCUT2D eigenvalue weighted by molar-refractivity contribution is 6.78. The van der Waals surface area contributed by atoms with E-state index in [1.54, 1.807) is 0 Å². The van der Waals surface area contributed by atoms with Crippen LogP contribution in [0.25, 0.3) is 44.2 Å². The van der Waals surface area contributed by atoms with Crippen molar-refractivity contribution in [1.29, 1.82) is 0 Å². The number of hydrogen-bond donors (Lipinski definition) is 4. The molecule has 14 nitrogen and oxygen atoms in total. The summed E-state index contributed by atoms with van der Waals surface area (Å²) in [7, 11) is 0.858. The molecule has 4 amide bonds. The largest absolute Gasteiger partial charge is 0.453 e. The molecule has 2 aromatic heterocycles. The number of hydrogen-bond acceptors (Lipinski definition) is 8. The van der Waals surface area contributed by atoms with Crippen LogP contribution >= 0.6 is 0 Å². The topological polar surface area (TPSA) is 175 Å². The van der Waals surface area contributed by atoms with Crippen molar-refractivity contribution in [2.45, 2.75) is 89.3 Å². The van der Waals surface area contributed by atoms with Crippen LogP contribution in [0.2, 0.25) is 19.1 Å². The lowest BCUT2D eigenvalue weighted by Gasteiger charge is -2.30. The fourth-order valence-corrected chi connectivity index (χ4v) is 11.8. The predicted molar refractivity (Wildman–Crippen MR) is 228 cm³/mol. The molecule has 3 aliphatic rings. The van der Waals surface area contributed by atoms with Gasteiger partial charge in [-0.3, -0.25) is 9.59 Å². The number of ether oxygens (including phenoxy) is 2. The van der Waals surface area contributed by atoms with Gasteiger partial charge in [0.1, 0.15) is 23.7 Å². The minimum Gasteiger partial charge on any atom is -0.453 e. The van der Waals surface area contributed by atoms with Crippen LogP contribution in [0, 0.1) is 11.8 Å². The number of benzene rings is 3. The molecule has 0 radical (unpaired) electrons. The number of methoxy groups -OCH3 is 2. The molecule has 8 rings (SSSR count). The fourth-order valence-electron chi connectivity index (χ4n) is 8.90. The Balaban J connectivity index is 0.994. The Morgan fingerprint density at radius 1 is 0.831 bits per heavy atom. The van der Waals surface area contributed by atoms with E-state index in [4.69, 9.17) is 19.4 Å². The zero-order chi connectivity index (χ0) is 41.6. The summed E-state index contributed by atoms with van der Waals surface area (Å²) < 4.78 is 9.65. The summed E-state index contributed by atoms with van der Waals surface area (Å²) in [5.41, 5.74) is 5.78. The number of carbonyl (C=O) groups excluding carboxylic acids is 4. The molecule has 1 saturated carbocycles. The molecule has 0 unspecified atom stereocenters. The van der Waals surface area contributed by atoms with Crippen LogP contribution in [0.3, 0.4) is 0 Å². The third-order valence-corrected chi connectivity index (χ3v) is 14.9. The van der Waals surface area contributed by atoms with Gasteiger partial charge in [0, 0.05) is 18.1 Å². The monoisotopic (exact) mass is 818 g/mol. The minimum absolute atomic E-state index is 0.0575. The van der Waals surface area contributed by atoms with E-state index in [2.05, 4.69) is 88.3 Å². The first-order valence-corrected chi connectivity index (χ1v) is 24.1. The number of nitrogens with zero attached hydrogens (tertiary/aromatic N) is 4. The third-order valence-electron chi connectivity index (χ3n) is 12.2. The molecule has 59 heavy (non-hydrogen) atoms. The number of likely N-dealkylation sites (tertiary alicyclic amines) is 1. The number of fused-ring (bicyclic) bond motifs is 3. The highest BCUT2D eigenvalue weighted by Crippen LogP contribution is 2.41. The fraction of sp³-hybridized carbons (Fsp3) is 0.455. The number of alkyl carbamates (subject to hydrolysis) is 2. The van der Waals surface area contributed by atoms with Gasteiger partial charge in [-0.05, 0) is 71.4 Å². The molecular formula is C44H54N8O6Si. The van der Waals surface area contributed by atoms with Crippen LogP contribution in [0.1, 0.15) is 69.7 Å². The molecule has 2 saturated heterocycles. The summed E-state index contributed by atoms with van der Waals surface area (Å²) >= 11 is 0. The molecule has 15 heteroatoms. The molecule has 4 atom stereocenters. The average molecular weight is 819 g/mol. The summed E-state index contributed by atoms with van der Waals surface area (Å²) in [5, 5.41) is 7.62. The van der Waals surface area contributed by atoms with Crippen molar-refractivity contribution in [3.63, 3.8) is 0 Å². The Hall–Kier alpha value is -5.70. The molecule has 3 fully saturated rings. The Morgan fingerprint density at radius 2 is 1.54 bits per heavy atom. The molecular weight excluding hydrogens is 765 g/mol. The Morgan fingerprint density at radius 3 is 2.25 bits per heavy atom. The number of nitrogens with one attached hydrogen (secondary N) is 4. The van der Waals surface area contributed by atoms with E-state index in [0.717, 1.165) is 87.6 Å². The summed E-state index contributed by atoms with van der Waals surface area (Å²) in [6.45, 7) is 9.02. The van der Waals surface area contributed by atoms with Gasteiger partial charge >= 0.3 is 12.2 Å². The Kier molecular flexibility index (Phi) is 11.0. The highest BCUT2D eigenvalue weighted by Gasteiger charge is 2.46. The second-order valence-electron chi connectivity index (χ2n) is 17.5. The summed E-state index contributed by atoms with van der Waals surface area (Å²) in [6.07, 6.45) is 5.73. The standard InChI is InChI=1S/C44H54N8O6Si/c1-25(2)37(50-44(56)58-4)42(54)51-19-7-8-35(51)39-45-22-34(47-39)28-13-11-27(12-14-28)29-15-17-31-30(21-29)16-18-32-38(31)49-40(46-32)36-23-59(5,6)24-52(36)41(53)33(20-26-9-10-26)48-43(55)57-3/h11-18,21-22,25-26,33,35-37H,7-10,19-20,23-24H2,1-6H3,(H,45,47)(H,46,49)(H,48,55)(H,50,56)/t33-,35-,36-,37-/m0/s1. The summed E-state index contributed by atoms with van der Waals surface area (Å²) in [6, 6.07) is 18.1. The first-order valence-electron chi connectivity index (χ1n) is 20.7. The lowest BCUT2D eigenvalue weighted by Crippen LogP contribution is -2.51. The highest BCUT2D eigenvalue weighted by atomic mass is 28.3. The van der Waals surface area contributed by atoms with Crippen LogP contribution in [-0.4, -0.2) is 101 Å². The smallest absolute Gasteiger partial charge is 0.407 e. The number of rotatable bonds is 11. The van der Waals surface area contributed by atoms with E-state index in [0.29, 0.717) is 25.1 Å². The first kappa shape index (κ1) is 40.1. The molecule has 3 aromatic carbocycles. The van der Waals surface area contributed by atoms with Gasteiger partial charge in [-0.1, -0.05) is 82.2 Å². The van der Waals surface area contributed by atoms with Crippen LogP contribution < -0.4 is 10.6 Å². The number of aromatic nitrogens is 4. The average Bonchev–Trinajstić information content (AvgIpc) is 3.62. The van der Waals surface area contributed by atoms with Gasteiger partial charge in [0.15, 0.2) is 0 Å². The first-order chi connectivity index (χ1) is 28.3. The molecule has 1 aliphatic carbocycles. The SMILES string of the molecule is COC(=O)N[C@@H](CC1CC1)C(=O)N1C[Si](C)(C)C[C@H]1c1nc2c(ccc3cc(-c4ccc(-c5cnc([C@@H]6CCCN6C(=O)[C@@H](NC(=O)OC)C(C)C)[nH]5)cc4)ccc32)[nH]1. The van der Waals surface area contributed by atoms with Gasteiger partial charge in [-0.15, -0.1) is 0 Å². The lowest BCUT2D eigenvalue weighted by molar-refractivity contribution is -0.135. The van der Waals surface area contributed by atoms with Gasteiger partial charge in [-0.25, -0.2) is 19.6 Å². The minimum atomic E-state index is -1.76. The number of imidazole rings is 2. The maximum atomic E-state index is 14.1. The molecule has 5 aromatic rings. The molecule has 0 bridgehead atoms. The van der Waals surface area contributed by atoms with Crippen molar-refractivity contribution >= 4 is 53.9 Å². The van der Waals surface area contributed by atoms with Crippen molar-refractivity contribution in [2.75, 3.05) is 26.9 Å². The van der Waals surface area contributed by atoms with Crippen LogP contribution in [0.4, 0.5) is 9.59 Å². The number of amides is 4. The van der Waals surface area contributed by atoms with Gasteiger partial charge in [0.05, 0.1) is 57.3 Å². The number of carbonyl (C=O) groups is 4. The zero-order valence-corrected chi connectivity index (χ0v) is 35.6. The maximum Gasteiger partial charge on any atom is 0.407 e. The zero-order valence-electron chi connectivity index (χ0n) is 34.6. The van der Waals surface area contributed by atoms with Crippen molar-refractivity contribution < 1.29 is 28.7 Å². The van der Waals surface area contributed by atoms with Crippen molar-refractivity contribution in [3.8, 4) is 22.4 Å². The van der Waals surface area contributed by atoms with Crippen molar-refractivity contribution in [3.05, 3.63) is 72.4 Å². The Bertz CT molecular complexity index is 2390. The quantitative estimate of drug-likeness (QED) is 0.0994.